The molecule has 0 bridgehead atoms. The van der Waals surface area contributed by atoms with Crippen LogP contribution < -0.4 is 5.32 Å². The molecule has 0 aliphatic heterocycles. The predicted octanol–water partition coefficient (Wildman–Crippen LogP) is 3.42. The van der Waals surface area contributed by atoms with Crippen LogP contribution >= 0.6 is 11.6 Å². The van der Waals surface area contributed by atoms with Gasteiger partial charge in [0.1, 0.15) is 0 Å². The van der Waals surface area contributed by atoms with E-state index in [1.807, 2.05) is 0 Å². The SMILES string of the molecule is CC(C)CCNC1CCCCC1CCl. The molecular formula is C12H24ClN. The second-order valence-corrected chi connectivity index (χ2v) is 5.25. The lowest BCUT2D eigenvalue weighted by Gasteiger charge is -2.31. The molecule has 0 spiro atoms. The maximum Gasteiger partial charge on any atom is 0.0266 e. The topological polar surface area (TPSA) is 12.0 Å². The van der Waals surface area contributed by atoms with Crippen molar-refractivity contribution < 1.29 is 0 Å². The molecule has 0 radical (unpaired) electrons. The Morgan fingerprint density at radius 1 is 1.29 bits per heavy atom. The van der Waals surface area contributed by atoms with E-state index >= 15 is 0 Å². The summed E-state index contributed by atoms with van der Waals surface area (Å²) in [7, 11) is 0. The summed E-state index contributed by atoms with van der Waals surface area (Å²) in [5.74, 6) is 2.36. The van der Waals surface area contributed by atoms with Gasteiger partial charge in [-0.1, -0.05) is 26.7 Å². The third kappa shape index (κ3) is 4.18. The molecule has 0 aromatic heterocycles. The number of rotatable bonds is 5. The fourth-order valence-corrected chi connectivity index (χ4v) is 2.59. The van der Waals surface area contributed by atoms with Gasteiger partial charge in [-0.3, -0.25) is 0 Å². The molecule has 1 N–H and O–H groups in total. The molecule has 1 aliphatic carbocycles. The van der Waals surface area contributed by atoms with Gasteiger partial charge in [0, 0.05) is 11.9 Å². The minimum atomic E-state index is 0.694. The first-order chi connectivity index (χ1) is 6.74. The quantitative estimate of drug-likeness (QED) is 0.696. The fourth-order valence-electron chi connectivity index (χ4n) is 2.22. The van der Waals surface area contributed by atoms with E-state index in [-0.39, 0.29) is 0 Å². The summed E-state index contributed by atoms with van der Waals surface area (Å²) >= 11 is 5.98. The first-order valence-corrected chi connectivity index (χ1v) is 6.57. The largest absolute Gasteiger partial charge is 0.314 e. The van der Waals surface area contributed by atoms with Gasteiger partial charge in [0.05, 0.1) is 0 Å². The summed E-state index contributed by atoms with van der Waals surface area (Å²) in [6, 6.07) is 0.694. The Kier molecular flexibility index (Phi) is 5.88. The van der Waals surface area contributed by atoms with Gasteiger partial charge < -0.3 is 5.32 Å². The average Bonchev–Trinajstić information content (AvgIpc) is 2.18. The Balaban J connectivity index is 2.19. The summed E-state index contributed by atoms with van der Waals surface area (Å²) in [5, 5.41) is 3.67. The van der Waals surface area contributed by atoms with Gasteiger partial charge in [-0.2, -0.15) is 0 Å². The van der Waals surface area contributed by atoms with Crippen molar-refractivity contribution in [2.75, 3.05) is 12.4 Å². The minimum Gasteiger partial charge on any atom is -0.314 e. The third-order valence-corrected chi connectivity index (χ3v) is 3.63. The van der Waals surface area contributed by atoms with E-state index in [1.54, 1.807) is 0 Å². The summed E-state index contributed by atoms with van der Waals surface area (Å²) in [4.78, 5) is 0. The van der Waals surface area contributed by atoms with Gasteiger partial charge in [0.15, 0.2) is 0 Å². The lowest BCUT2D eigenvalue weighted by atomic mass is 9.85. The zero-order chi connectivity index (χ0) is 10.4. The third-order valence-electron chi connectivity index (χ3n) is 3.24. The van der Waals surface area contributed by atoms with Crippen molar-refractivity contribution in [3.63, 3.8) is 0 Å². The van der Waals surface area contributed by atoms with Crippen molar-refractivity contribution in [1.82, 2.24) is 5.32 Å². The first kappa shape index (κ1) is 12.3. The maximum absolute atomic E-state index is 5.98. The highest BCUT2D eigenvalue weighted by Crippen LogP contribution is 2.25. The van der Waals surface area contributed by atoms with Crippen LogP contribution in [0, 0.1) is 11.8 Å². The predicted molar refractivity (Wildman–Crippen MR) is 63.9 cm³/mol. The van der Waals surface area contributed by atoms with Crippen LogP contribution in [0.25, 0.3) is 0 Å². The molecule has 84 valence electrons. The van der Waals surface area contributed by atoms with Gasteiger partial charge >= 0.3 is 0 Å². The second kappa shape index (κ2) is 6.68. The minimum absolute atomic E-state index is 0.694. The van der Waals surface area contributed by atoms with E-state index in [0.29, 0.717) is 6.04 Å². The van der Waals surface area contributed by atoms with Crippen molar-refractivity contribution in [2.45, 2.75) is 52.0 Å². The molecule has 2 atom stereocenters. The molecule has 1 nitrogen and oxygen atoms in total. The van der Waals surface area contributed by atoms with Crippen molar-refractivity contribution in [2.24, 2.45) is 11.8 Å². The monoisotopic (exact) mass is 217 g/mol. The molecule has 1 aliphatic rings. The Hall–Kier alpha value is 0.250. The van der Waals surface area contributed by atoms with Crippen molar-refractivity contribution in [1.29, 1.82) is 0 Å². The molecule has 2 unspecified atom stereocenters. The molecule has 0 aromatic rings. The van der Waals surface area contributed by atoms with E-state index in [9.17, 15) is 0 Å². The standard InChI is InChI=1S/C12H24ClN/c1-10(2)7-8-14-12-6-4-3-5-11(12)9-13/h10-12,14H,3-9H2,1-2H3. The van der Waals surface area contributed by atoms with Crippen LogP contribution in [0.1, 0.15) is 46.0 Å². The van der Waals surface area contributed by atoms with Crippen molar-refractivity contribution in [3.8, 4) is 0 Å². The second-order valence-electron chi connectivity index (χ2n) is 4.94. The van der Waals surface area contributed by atoms with E-state index in [4.69, 9.17) is 11.6 Å². The average molecular weight is 218 g/mol. The summed E-state index contributed by atoms with van der Waals surface area (Å²) in [6.45, 7) is 5.72. The molecule has 1 fully saturated rings. The van der Waals surface area contributed by atoms with Crippen LogP contribution in [-0.2, 0) is 0 Å². The van der Waals surface area contributed by atoms with E-state index < -0.39 is 0 Å². The van der Waals surface area contributed by atoms with Gasteiger partial charge in [-0.05, 0) is 37.6 Å². The van der Waals surface area contributed by atoms with E-state index in [0.717, 1.165) is 24.3 Å². The van der Waals surface area contributed by atoms with Gasteiger partial charge in [-0.25, -0.2) is 0 Å². The zero-order valence-corrected chi connectivity index (χ0v) is 10.3. The Morgan fingerprint density at radius 2 is 2.00 bits per heavy atom. The Bertz CT molecular complexity index is 147. The summed E-state index contributed by atoms with van der Waals surface area (Å²) < 4.78 is 0. The van der Waals surface area contributed by atoms with Crippen LogP contribution in [-0.4, -0.2) is 18.5 Å². The highest BCUT2D eigenvalue weighted by molar-refractivity contribution is 6.18. The normalized spacial score (nSPS) is 28.3. The first-order valence-electron chi connectivity index (χ1n) is 6.03. The number of hydrogen-bond acceptors (Lipinski definition) is 1. The van der Waals surface area contributed by atoms with Crippen LogP contribution in [0.5, 0.6) is 0 Å². The van der Waals surface area contributed by atoms with Gasteiger partial charge in [0.25, 0.3) is 0 Å². The molecule has 0 aromatic carbocycles. The number of halogens is 1. The molecule has 0 amide bonds. The Morgan fingerprint density at radius 3 is 2.64 bits per heavy atom. The molecule has 14 heavy (non-hydrogen) atoms. The zero-order valence-electron chi connectivity index (χ0n) is 9.56. The number of alkyl halides is 1. The highest BCUT2D eigenvalue weighted by atomic mass is 35.5. The molecule has 1 rings (SSSR count). The van der Waals surface area contributed by atoms with E-state index in [1.165, 1.54) is 32.1 Å². The Labute approximate surface area is 93.6 Å². The van der Waals surface area contributed by atoms with Gasteiger partial charge in [0.2, 0.25) is 0 Å². The molecule has 0 heterocycles. The molecular weight excluding hydrogens is 194 g/mol. The lowest BCUT2D eigenvalue weighted by molar-refractivity contribution is 0.280. The maximum atomic E-state index is 5.98. The van der Waals surface area contributed by atoms with Gasteiger partial charge in [-0.15, -0.1) is 11.6 Å². The van der Waals surface area contributed by atoms with Crippen molar-refractivity contribution in [3.05, 3.63) is 0 Å². The summed E-state index contributed by atoms with van der Waals surface area (Å²) in [6.07, 6.45) is 6.69. The van der Waals surface area contributed by atoms with Crippen LogP contribution in [0.2, 0.25) is 0 Å². The summed E-state index contributed by atoms with van der Waals surface area (Å²) in [5.41, 5.74) is 0. The highest BCUT2D eigenvalue weighted by Gasteiger charge is 2.23. The lowest BCUT2D eigenvalue weighted by Crippen LogP contribution is -2.40. The number of hydrogen-bond donors (Lipinski definition) is 1. The number of nitrogens with one attached hydrogen (secondary N) is 1. The fraction of sp³-hybridized carbons (Fsp3) is 1.00. The van der Waals surface area contributed by atoms with E-state index in [2.05, 4.69) is 19.2 Å². The molecule has 2 heteroatoms. The van der Waals surface area contributed by atoms with Crippen LogP contribution in [0.3, 0.4) is 0 Å². The van der Waals surface area contributed by atoms with Crippen LogP contribution in [0.4, 0.5) is 0 Å². The smallest absolute Gasteiger partial charge is 0.0266 e. The molecule has 0 saturated heterocycles. The van der Waals surface area contributed by atoms with Crippen molar-refractivity contribution >= 4 is 11.6 Å². The van der Waals surface area contributed by atoms with Crippen LogP contribution in [0.15, 0.2) is 0 Å². The molecule has 1 saturated carbocycles.